The Morgan fingerprint density at radius 2 is 1.50 bits per heavy atom. The van der Waals surface area contributed by atoms with Crippen LogP contribution in [-0.4, -0.2) is 0 Å². The molecule has 0 bridgehead atoms. The van der Waals surface area contributed by atoms with Crippen molar-refractivity contribution in [1.29, 1.82) is 0 Å². The molecule has 96 valence electrons. The van der Waals surface area contributed by atoms with E-state index in [0.29, 0.717) is 14.9 Å². The molecule has 0 nitrogen and oxygen atoms in total. The van der Waals surface area contributed by atoms with Crippen LogP contribution < -0.4 is 0 Å². The van der Waals surface area contributed by atoms with Gasteiger partial charge in [0.25, 0.3) is 0 Å². The van der Waals surface area contributed by atoms with Crippen molar-refractivity contribution in [3.63, 3.8) is 0 Å². The topological polar surface area (TPSA) is 0 Å². The van der Waals surface area contributed by atoms with Crippen LogP contribution in [0.5, 0.6) is 0 Å². The second kappa shape index (κ2) is 7.24. The largest absolute Gasteiger partial charge is 0.207 e. The molecule has 0 saturated carbocycles. The van der Waals surface area contributed by atoms with Gasteiger partial charge in [-0.3, -0.25) is 0 Å². The van der Waals surface area contributed by atoms with Crippen LogP contribution in [0.1, 0.15) is 0 Å². The van der Waals surface area contributed by atoms with E-state index in [1.54, 1.807) is 0 Å². The van der Waals surface area contributed by atoms with Gasteiger partial charge in [-0.25, -0.2) is 8.78 Å². The Balaban J connectivity index is 0.000000180. The van der Waals surface area contributed by atoms with Gasteiger partial charge in [0.2, 0.25) is 0 Å². The summed E-state index contributed by atoms with van der Waals surface area (Å²) < 4.78 is 24.6. The number of hydrogen-bond donors (Lipinski definition) is 2. The van der Waals surface area contributed by atoms with Crippen LogP contribution in [0, 0.1) is 11.6 Å². The molecule has 0 spiro atoms. The third-order valence-electron chi connectivity index (χ3n) is 1.82. The number of benzene rings is 2. The molecular weight excluding hydrogens is 317 g/mol. The minimum atomic E-state index is -0.345. The predicted octanol–water partition coefficient (Wildman–Crippen LogP) is 5.54. The quantitative estimate of drug-likeness (QED) is 0.584. The van der Waals surface area contributed by atoms with Gasteiger partial charge in [0.05, 0.1) is 5.02 Å². The fourth-order valence-electron chi connectivity index (χ4n) is 0.967. The predicted molar refractivity (Wildman–Crippen MR) is 77.3 cm³/mol. The highest BCUT2D eigenvalue weighted by Crippen LogP contribution is 2.19. The third-order valence-corrected chi connectivity index (χ3v) is 3.23. The molecule has 2 aromatic rings. The summed E-state index contributed by atoms with van der Waals surface area (Å²) in [5, 5.41) is 0.847. The molecule has 0 fully saturated rings. The van der Waals surface area contributed by atoms with E-state index in [2.05, 4.69) is 25.3 Å². The van der Waals surface area contributed by atoms with Crippen molar-refractivity contribution in [3.8, 4) is 0 Å². The maximum atomic E-state index is 12.4. The Kier molecular flexibility index (Phi) is 6.29. The van der Waals surface area contributed by atoms with Gasteiger partial charge < -0.3 is 0 Å². The molecule has 0 atom stereocenters. The van der Waals surface area contributed by atoms with Crippen molar-refractivity contribution < 1.29 is 8.78 Å². The Bertz CT molecular complexity index is 498. The Hall–Kier alpha value is -0.420. The monoisotopic (exact) mass is 324 g/mol. The molecule has 0 amide bonds. The molecule has 0 aromatic heterocycles. The highest BCUT2D eigenvalue weighted by atomic mass is 35.5. The zero-order valence-corrected chi connectivity index (χ0v) is 12.2. The van der Waals surface area contributed by atoms with E-state index in [4.69, 9.17) is 23.2 Å². The van der Waals surface area contributed by atoms with Gasteiger partial charge in [-0.2, -0.15) is 0 Å². The Labute approximate surface area is 125 Å². The molecule has 2 aromatic carbocycles. The summed E-state index contributed by atoms with van der Waals surface area (Å²) in [5.74, 6) is -0.680. The average Bonchev–Trinajstić information content (AvgIpc) is 2.30. The number of hydrogen-bond acceptors (Lipinski definition) is 2. The maximum absolute atomic E-state index is 12.4. The van der Waals surface area contributed by atoms with Crippen LogP contribution in [0.25, 0.3) is 0 Å². The number of halogens is 4. The van der Waals surface area contributed by atoms with Gasteiger partial charge in [-0.1, -0.05) is 23.2 Å². The molecule has 0 aliphatic rings. The van der Waals surface area contributed by atoms with E-state index >= 15 is 0 Å². The SMILES string of the molecule is Fc1ccc(Cl)cc1S.Fc1ccc(S)c(Cl)c1. The molecule has 0 N–H and O–H groups in total. The van der Waals surface area contributed by atoms with E-state index in [1.807, 2.05) is 0 Å². The minimum absolute atomic E-state index is 0.280. The summed E-state index contributed by atoms with van der Waals surface area (Å²) in [6.07, 6.45) is 0. The van der Waals surface area contributed by atoms with Crippen molar-refractivity contribution in [2.24, 2.45) is 0 Å². The molecule has 0 heterocycles. The van der Waals surface area contributed by atoms with Crippen LogP contribution >= 0.6 is 48.5 Å². The van der Waals surface area contributed by atoms with Crippen LogP contribution in [-0.2, 0) is 0 Å². The summed E-state index contributed by atoms with van der Waals surface area (Å²) >= 11 is 18.8. The van der Waals surface area contributed by atoms with E-state index in [-0.39, 0.29) is 16.5 Å². The van der Waals surface area contributed by atoms with Gasteiger partial charge in [-0.15, -0.1) is 25.3 Å². The van der Waals surface area contributed by atoms with E-state index in [1.165, 1.54) is 36.4 Å². The molecule has 6 heteroatoms. The van der Waals surface area contributed by atoms with E-state index in [0.717, 1.165) is 0 Å². The second-order valence-electron chi connectivity index (χ2n) is 3.19. The third kappa shape index (κ3) is 5.06. The summed E-state index contributed by atoms with van der Waals surface area (Å²) in [5.41, 5.74) is 0. The fourth-order valence-corrected chi connectivity index (χ4v) is 1.74. The molecule has 18 heavy (non-hydrogen) atoms. The zero-order valence-electron chi connectivity index (χ0n) is 8.87. The van der Waals surface area contributed by atoms with Gasteiger partial charge in [0.1, 0.15) is 11.6 Å². The van der Waals surface area contributed by atoms with Gasteiger partial charge in [-0.05, 0) is 36.4 Å². The van der Waals surface area contributed by atoms with Crippen molar-refractivity contribution in [2.75, 3.05) is 0 Å². The van der Waals surface area contributed by atoms with Crippen molar-refractivity contribution >= 4 is 48.5 Å². The first-order valence-corrected chi connectivity index (χ1v) is 6.33. The maximum Gasteiger partial charge on any atom is 0.136 e. The number of thiol groups is 2. The lowest BCUT2D eigenvalue weighted by atomic mass is 10.3. The summed E-state index contributed by atoms with van der Waals surface area (Å²) in [6, 6.07) is 8.28. The molecular formula is C12H8Cl2F2S2. The highest BCUT2D eigenvalue weighted by Gasteiger charge is 1.96. The van der Waals surface area contributed by atoms with Crippen LogP contribution in [0.3, 0.4) is 0 Å². The van der Waals surface area contributed by atoms with E-state index in [9.17, 15) is 8.78 Å². The first-order chi connectivity index (χ1) is 8.40. The van der Waals surface area contributed by atoms with E-state index < -0.39 is 0 Å². The minimum Gasteiger partial charge on any atom is -0.207 e. The average molecular weight is 325 g/mol. The van der Waals surface area contributed by atoms with Gasteiger partial charge >= 0.3 is 0 Å². The second-order valence-corrected chi connectivity index (χ2v) is 5.00. The standard InChI is InChI=1S/2C6H4ClFS/c7-5-3-4(8)1-2-6(5)9;7-4-1-2-5(8)6(9)3-4/h2*1-3,9H. The highest BCUT2D eigenvalue weighted by molar-refractivity contribution is 7.80. The first kappa shape index (κ1) is 15.6. The smallest absolute Gasteiger partial charge is 0.136 e. The lowest BCUT2D eigenvalue weighted by molar-refractivity contribution is 0.602. The van der Waals surface area contributed by atoms with Crippen molar-refractivity contribution in [2.45, 2.75) is 9.79 Å². The lowest BCUT2D eigenvalue weighted by Gasteiger charge is -1.92. The molecule has 2 rings (SSSR count). The van der Waals surface area contributed by atoms with Gasteiger partial charge in [0, 0.05) is 14.8 Å². The van der Waals surface area contributed by atoms with Crippen LogP contribution in [0.4, 0.5) is 8.78 Å². The molecule has 0 unspecified atom stereocenters. The summed E-state index contributed by atoms with van der Waals surface area (Å²) in [4.78, 5) is 0.876. The van der Waals surface area contributed by atoms with Crippen LogP contribution in [0.15, 0.2) is 46.2 Å². The Morgan fingerprint density at radius 1 is 0.833 bits per heavy atom. The zero-order chi connectivity index (χ0) is 13.7. The molecule has 0 aliphatic heterocycles. The first-order valence-electron chi connectivity index (χ1n) is 4.68. The van der Waals surface area contributed by atoms with Crippen molar-refractivity contribution in [1.82, 2.24) is 0 Å². The Morgan fingerprint density at radius 3 is 1.94 bits per heavy atom. The molecule has 0 aliphatic carbocycles. The van der Waals surface area contributed by atoms with Crippen molar-refractivity contribution in [3.05, 3.63) is 58.1 Å². The normalized spacial score (nSPS) is 9.67. The fraction of sp³-hybridized carbons (Fsp3) is 0. The lowest BCUT2D eigenvalue weighted by Crippen LogP contribution is -1.74. The molecule has 0 saturated heterocycles. The van der Waals surface area contributed by atoms with Gasteiger partial charge in [0.15, 0.2) is 0 Å². The summed E-state index contributed by atoms with van der Waals surface area (Å²) in [6.45, 7) is 0. The molecule has 0 radical (unpaired) electrons. The number of rotatable bonds is 0. The summed E-state index contributed by atoms with van der Waals surface area (Å²) in [7, 11) is 0. The van der Waals surface area contributed by atoms with Crippen LogP contribution in [0.2, 0.25) is 10.0 Å².